The van der Waals surface area contributed by atoms with Gasteiger partial charge in [0.15, 0.2) is 0 Å². The Morgan fingerprint density at radius 3 is 2.86 bits per heavy atom. The minimum absolute atomic E-state index is 0.183. The molecule has 0 aliphatic carbocycles. The smallest absolute Gasteiger partial charge is 0.410 e. The predicted octanol–water partition coefficient (Wildman–Crippen LogP) is 2.30. The molecule has 2 heterocycles. The second-order valence-electron chi connectivity index (χ2n) is 7.00. The van der Waals surface area contributed by atoms with Crippen LogP contribution >= 0.6 is 0 Å². The second kappa shape index (κ2) is 6.69. The van der Waals surface area contributed by atoms with E-state index in [1.54, 1.807) is 6.20 Å². The van der Waals surface area contributed by atoms with E-state index in [0.717, 1.165) is 31.6 Å². The minimum atomic E-state index is -0.449. The first kappa shape index (κ1) is 16.8. The second-order valence-corrected chi connectivity index (χ2v) is 7.00. The Hall–Kier alpha value is -1.56. The third-order valence-electron chi connectivity index (χ3n) is 4.03. The van der Waals surface area contributed by atoms with Crippen molar-refractivity contribution in [2.45, 2.75) is 64.8 Å². The van der Waals surface area contributed by atoms with Crippen LogP contribution in [-0.2, 0) is 18.3 Å². The Morgan fingerprint density at radius 1 is 1.55 bits per heavy atom. The van der Waals surface area contributed by atoms with Crippen LogP contribution < -0.4 is 5.32 Å². The Balaban J connectivity index is 1.92. The average molecular weight is 308 g/mol. The maximum atomic E-state index is 12.3. The highest BCUT2D eigenvalue weighted by molar-refractivity contribution is 5.69. The van der Waals surface area contributed by atoms with Gasteiger partial charge in [0.25, 0.3) is 0 Å². The molecule has 0 spiro atoms. The minimum Gasteiger partial charge on any atom is -0.444 e. The van der Waals surface area contributed by atoms with Crippen molar-refractivity contribution >= 4 is 6.09 Å². The van der Waals surface area contributed by atoms with E-state index >= 15 is 0 Å². The third-order valence-corrected chi connectivity index (χ3v) is 4.03. The van der Waals surface area contributed by atoms with E-state index in [9.17, 15) is 4.79 Å². The molecule has 0 saturated carbocycles. The quantitative estimate of drug-likeness (QED) is 0.927. The molecular formula is C16H28N4O2. The van der Waals surface area contributed by atoms with E-state index in [2.05, 4.69) is 17.3 Å². The first-order chi connectivity index (χ1) is 10.3. The standard InChI is InChI=1S/C16H28N4O2/c1-12(17-11-13-8-9-18-19(13)5)14-7-6-10-20(14)15(21)22-16(2,3)4/h8-9,12,14,17H,6-7,10-11H2,1-5H3/t12-,14-/m0/s1. The number of carbonyl (C=O) groups is 1. The molecule has 0 aromatic carbocycles. The lowest BCUT2D eigenvalue weighted by Gasteiger charge is -2.32. The SMILES string of the molecule is C[C@H](NCc1ccnn1C)[C@@H]1CCCN1C(=O)OC(C)(C)C. The van der Waals surface area contributed by atoms with Crippen LogP contribution in [0.1, 0.15) is 46.2 Å². The van der Waals surface area contributed by atoms with Gasteiger partial charge in [-0.15, -0.1) is 0 Å². The average Bonchev–Trinajstić information content (AvgIpc) is 3.02. The van der Waals surface area contributed by atoms with Gasteiger partial charge in [0, 0.05) is 32.4 Å². The number of hydrogen-bond donors (Lipinski definition) is 1. The molecular weight excluding hydrogens is 280 g/mol. The summed E-state index contributed by atoms with van der Waals surface area (Å²) < 4.78 is 7.38. The predicted molar refractivity (Wildman–Crippen MR) is 85.5 cm³/mol. The molecule has 0 unspecified atom stereocenters. The van der Waals surface area contributed by atoms with Gasteiger partial charge in [-0.05, 0) is 46.6 Å². The van der Waals surface area contributed by atoms with Crippen molar-refractivity contribution in [3.63, 3.8) is 0 Å². The number of nitrogens with zero attached hydrogens (tertiary/aromatic N) is 3. The molecule has 2 atom stereocenters. The zero-order valence-corrected chi connectivity index (χ0v) is 14.3. The molecule has 1 aromatic heterocycles. The number of likely N-dealkylation sites (tertiary alicyclic amines) is 1. The van der Waals surface area contributed by atoms with Crippen LogP contribution in [0.3, 0.4) is 0 Å². The maximum absolute atomic E-state index is 12.3. The van der Waals surface area contributed by atoms with Crippen molar-refractivity contribution in [1.82, 2.24) is 20.0 Å². The number of rotatable bonds is 4. The molecule has 1 aromatic rings. The van der Waals surface area contributed by atoms with Gasteiger partial charge in [-0.2, -0.15) is 5.10 Å². The number of aryl methyl sites for hydroxylation is 1. The lowest BCUT2D eigenvalue weighted by atomic mass is 10.1. The molecule has 1 aliphatic rings. The molecule has 1 amide bonds. The summed E-state index contributed by atoms with van der Waals surface area (Å²) in [6.07, 6.45) is 3.63. The van der Waals surface area contributed by atoms with Gasteiger partial charge in [-0.1, -0.05) is 0 Å². The topological polar surface area (TPSA) is 59.4 Å². The summed E-state index contributed by atoms with van der Waals surface area (Å²) in [5.41, 5.74) is 0.684. The lowest BCUT2D eigenvalue weighted by Crippen LogP contribution is -2.48. The molecule has 1 fully saturated rings. The monoisotopic (exact) mass is 308 g/mol. The summed E-state index contributed by atoms with van der Waals surface area (Å²) in [6.45, 7) is 9.36. The van der Waals surface area contributed by atoms with Crippen molar-refractivity contribution in [1.29, 1.82) is 0 Å². The van der Waals surface area contributed by atoms with Crippen molar-refractivity contribution in [2.24, 2.45) is 7.05 Å². The lowest BCUT2D eigenvalue weighted by molar-refractivity contribution is 0.0200. The van der Waals surface area contributed by atoms with Crippen LogP contribution in [0.25, 0.3) is 0 Å². The van der Waals surface area contributed by atoms with Gasteiger partial charge in [0.05, 0.1) is 11.7 Å². The number of amides is 1. The molecule has 6 heteroatoms. The summed E-state index contributed by atoms with van der Waals surface area (Å²) in [6, 6.07) is 2.40. The molecule has 0 bridgehead atoms. The van der Waals surface area contributed by atoms with E-state index < -0.39 is 5.60 Å². The van der Waals surface area contributed by atoms with Crippen molar-refractivity contribution in [3.05, 3.63) is 18.0 Å². The summed E-state index contributed by atoms with van der Waals surface area (Å²) in [5, 5.41) is 7.67. The van der Waals surface area contributed by atoms with Crippen LogP contribution in [0.5, 0.6) is 0 Å². The van der Waals surface area contributed by atoms with E-state index in [4.69, 9.17) is 4.74 Å². The normalized spacial score (nSPS) is 20.2. The summed E-state index contributed by atoms with van der Waals surface area (Å²) in [5.74, 6) is 0. The van der Waals surface area contributed by atoms with Gasteiger partial charge in [-0.3, -0.25) is 4.68 Å². The van der Waals surface area contributed by atoms with Crippen LogP contribution in [-0.4, -0.2) is 45.0 Å². The van der Waals surface area contributed by atoms with Crippen molar-refractivity contribution in [3.8, 4) is 0 Å². The fraction of sp³-hybridized carbons (Fsp3) is 0.750. The van der Waals surface area contributed by atoms with Gasteiger partial charge >= 0.3 is 6.09 Å². The molecule has 6 nitrogen and oxygen atoms in total. The zero-order chi connectivity index (χ0) is 16.3. The van der Waals surface area contributed by atoms with Crippen molar-refractivity contribution in [2.75, 3.05) is 6.54 Å². The Kier molecular flexibility index (Phi) is 5.11. The van der Waals surface area contributed by atoms with Gasteiger partial charge in [0.2, 0.25) is 0 Å². The van der Waals surface area contributed by atoms with E-state index in [-0.39, 0.29) is 18.2 Å². The number of nitrogens with one attached hydrogen (secondary N) is 1. The highest BCUT2D eigenvalue weighted by Crippen LogP contribution is 2.23. The Labute approximate surface area is 132 Å². The zero-order valence-electron chi connectivity index (χ0n) is 14.3. The fourth-order valence-corrected chi connectivity index (χ4v) is 2.84. The number of aromatic nitrogens is 2. The summed E-state index contributed by atoms with van der Waals surface area (Å²) in [4.78, 5) is 14.2. The molecule has 1 saturated heterocycles. The molecule has 0 radical (unpaired) electrons. The fourth-order valence-electron chi connectivity index (χ4n) is 2.84. The van der Waals surface area contributed by atoms with Crippen LogP contribution in [0.4, 0.5) is 4.79 Å². The van der Waals surface area contributed by atoms with Crippen LogP contribution in [0.2, 0.25) is 0 Å². The van der Waals surface area contributed by atoms with E-state index in [1.165, 1.54) is 0 Å². The Morgan fingerprint density at radius 2 is 2.27 bits per heavy atom. The van der Waals surface area contributed by atoms with Crippen LogP contribution in [0.15, 0.2) is 12.3 Å². The van der Waals surface area contributed by atoms with Gasteiger partial charge < -0.3 is 15.0 Å². The molecule has 124 valence electrons. The molecule has 1 N–H and O–H groups in total. The molecule has 2 rings (SSSR count). The largest absolute Gasteiger partial charge is 0.444 e. The molecule has 1 aliphatic heterocycles. The molecule has 22 heavy (non-hydrogen) atoms. The first-order valence-corrected chi connectivity index (χ1v) is 7.98. The van der Waals surface area contributed by atoms with Crippen molar-refractivity contribution < 1.29 is 9.53 Å². The van der Waals surface area contributed by atoms with E-state index in [1.807, 2.05) is 43.5 Å². The van der Waals surface area contributed by atoms with Gasteiger partial charge in [0.1, 0.15) is 5.60 Å². The van der Waals surface area contributed by atoms with Gasteiger partial charge in [-0.25, -0.2) is 4.79 Å². The highest BCUT2D eigenvalue weighted by Gasteiger charge is 2.35. The Bertz CT molecular complexity index is 506. The van der Waals surface area contributed by atoms with Crippen LogP contribution in [0, 0.1) is 0 Å². The number of hydrogen-bond acceptors (Lipinski definition) is 4. The maximum Gasteiger partial charge on any atom is 0.410 e. The number of carbonyl (C=O) groups excluding carboxylic acids is 1. The van der Waals surface area contributed by atoms with E-state index in [0.29, 0.717) is 0 Å². The number of ether oxygens (including phenoxy) is 1. The first-order valence-electron chi connectivity index (χ1n) is 7.98. The summed E-state index contributed by atoms with van der Waals surface area (Å²) in [7, 11) is 1.93. The third kappa shape index (κ3) is 4.22. The summed E-state index contributed by atoms with van der Waals surface area (Å²) >= 11 is 0. The highest BCUT2D eigenvalue weighted by atomic mass is 16.6.